The van der Waals surface area contributed by atoms with Gasteiger partial charge in [-0.2, -0.15) is 0 Å². The van der Waals surface area contributed by atoms with Gasteiger partial charge in [-0.25, -0.2) is 4.98 Å². The molecule has 0 bridgehead atoms. The highest BCUT2D eigenvalue weighted by Gasteiger charge is 2.23. The third-order valence-electron chi connectivity index (χ3n) is 4.50. The van der Waals surface area contributed by atoms with Gasteiger partial charge in [-0.3, -0.25) is 20.2 Å². The van der Waals surface area contributed by atoms with E-state index in [0.29, 0.717) is 48.6 Å². The molecule has 0 aliphatic carbocycles. The molecular formula is C19H18N4O5S. The number of aromatic nitrogens is 1. The van der Waals surface area contributed by atoms with Gasteiger partial charge in [0.05, 0.1) is 18.1 Å². The molecule has 0 unspecified atom stereocenters. The first-order chi connectivity index (χ1) is 14.0. The van der Waals surface area contributed by atoms with Crippen LogP contribution in [0.15, 0.2) is 40.1 Å². The van der Waals surface area contributed by atoms with Crippen LogP contribution in [0, 0.1) is 17.0 Å². The largest absolute Gasteiger partial charge is 0.460 e. The van der Waals surface area contributed by atoms with Gasteiger partial charge >= 0.3 is 0 Å². The molecule has 1 aliphatic heterocycles. The predicted molar refractivity (Wildman–Crippen MR) is 109 cm³/mol. The van der Waals surface area contributed by atoms with E-state index >= 15 is 0 Å². The van der Waals surface area contributed by atoms with Crippen LogP contribution in [0.4, 0.5) is 16.5 Å². The number of ether oxygens (including phenoxy) is 1. The summed E-state index contributed by atoms with van der Waals surface area (Å²) in [6.45, 7) is 4.01. The summed E-state index contributed by atoms with van der Waals surface area (Å²) in [5.41, 5.74) is 1.19. The van der Waals surface area contributed by atoms with E-state index < -0.39 is 10.8 Å². The Bertz CT molecular complexity index is 1050. The van der Waals surface area contributed by atoms with Crippen molar-refractivity contribution in [2.45, 2.75) is 6.92 Å². The van der Waals surface area contributed by atoms with Gasteiger partial charge in [0.1, 0.15) is 17.1 Å². The summed E-state index contributed by atoms with van der Waals surface area (Å²) in [4.78, 5) is 29.9. The number of carbonyl (C=O) groups excluding carboxylic acids is 1. The standard InChI is InChI=1S/C19H18N4O5S/c1-12-2-5-17(28-12)14-11-29-19(20-14)21-18(24)13-3-4-15(16(10-13)23(25)26)22-6-8-27-9-7-22/h2-5,10-11H,6-9H2,1H3,(H,20,21,24). The Morgan fingerprint density at radius 1 is 1.28 bits per heavy atom. The first-order valence-corrected chi connectivity index (χ1v) is 9.84. The fourth-order valence-corrected chi connectivity index (χ4v) is 3.76. The van der Waals surface area contributed by atoms with Crippen LogP contribution < -0.4 is 10.2 Å². The third-order valence-corrected chi connectivity index (χ3v) is 5.26. The van der Waals surface area contributed by atoms with Crippen molar-refractivity contribution in [2.24, 2.45) is 0 Å². The summed E-state index contributed by atoms with van der Waals surface area (Å²) in [7, 11) is 0. The van der Waals surface area contributed by atoms with Crippen molar-refractivity contribution < 1.29 is 18.9 Å². The number of nitro groups is 1. The molecule has 1 aromatic carbocycles. The number of nitrogens with one attached hydrogen (secondary N) is 1. The number of rotatable bonds is 5. The Labute approximate surface area is 170 Å². The quantitative estimate of drug-likeness (QED) is 0.500. The predicted octanol–water partition coefficient (Wildman–Crippen LogP) is 3.71. The molecule has 4 rings (SSSR count). The van der Waals surface area contributed by atoms with E-state index in [0.717, 1.165) is 5.76 Å². The second-order valence-corrected chi connectivity index (χ2v) is 7.32. The Hall–Kier alpha value is -3.24. The van der Waals surface area contributed by atoms with Gasteiger partial charge in [0.15, 0.2) is 10.9 Å². The van der Waals surface area contributed by atoms with Crippen LogP contribution in [-0.4, -0.2) is 42.1 Å². The Morgan fingerprint density at radius 3 is 2.76 bits per heavy atom. The van der Waals surface area contributed by atoms with Crippen LogP contribution in [0.2, 0.25) is 0 Å². The van der Waals surface area contributed by atoms with Crippen molar-refractivity contribution >= 4 is 33.8 Å². The number of morpholine rings is 1. The van der Waals surface area contributed by atoms with Gasteiger partial charge in [-0.1, -0.05) is 0 Å². The van der Waals surface area contributed by atoms with Crippen molar-refractivity contribution in [3.63, 3.8) is 0 Å². The summed E-state index contributed by atoms with van der Waals surface area (Å²) in [5.74, 6) is 0.925. The maximum absolute atomic E-state index is 12.6. The number of benzene rings is 1. The number of anilines is 2. The lowest BCUT2D eigenvalue weighted by molar-refractivity contribution is -0.384. The van der Waals surface area contributed by atoms with Crippen molar-refractivity contribution in [3.8, 4) is 11.5 Å². The smallest absolute Gasteiger partial charge is 0.293 e. The molecule has 1 N–H and O–H groups in total. The zero-order valence-corrected chi connectivity index (χ0v) is 16.4. The molecule has 29 heavy (non-hydrogen) atoms. The molecule has 0 spiro atoms. The first kappa shape index (κ1) is 19.1. The van der Waals surface area contributed by atoms with E-state index in [1.807, 2.05) is 24.0 Å². The summed E-state index contributed by atoms with van der Waals surface area (Å²) < 4.78 is 10.8. The Morgan fingerprint density at radius 2 is 2.07 bits per heavy atom. The van der Waals surface area contributed by atoms with Gasteiger partial charge in [0, 0.05) is 30.1 Å². The van der Waals surface area contributed by atoms with Crippen LogP contribution in [0.1, 0.15) is 16.1 Å². The van der Waals surface area contributed by atoms with E-state index in [1.54, 1.807) is 17.5 Å². The van der Waals surface area contributed by atoms with Crippen LogP contribution in [0.5, 0.6) is 0 Å². The molecule has 0 atom stereocenters. The summed E-state index contributed by atoms with van der Waals surface area (Å²) in [6.07, 6.45) is 0. The van der Waals surface area contributed by atoms with Crippen LogP contribution in [0.3, 0.4) is 0 Å². The van der Waals surface area contributed by atoms with E-state index in [1.165, 1.54) is 17.4 Å². The highest BCUT2D eigenvalue weighted by atomic mass is 32.1. The molecule has 0 radical (unpaired) electrons. The van der Waals surface area contributed by atoms with E-state index in [9.17, 15) is 14.9 Å². The van der Waals surface area contributed by atoms with Gasteiger partial charge in [0.25, 0.3) is 11.6 Å². The zero-order chi connectivity index (χ0) is 20.4. The van der Waals surface area contributed by atoms with Crippen LogP contribution in [0.25, 0.3) is 11.5 Å². The molecule has 1 aliphatic rings. The molecule has 0 saturated carbocycles. The topological polar surface area (TPSA) is 111 Å². The minimum atomic E-state index is -0.470. The monoisotopic (exact) mass is 414 g/mol. The lowest BCUT2D eigenvalue weighted by atomic mass is 10.1. The molecule has 10 heteroatoms. The van der Waals surface area contributed by atoms with Crippen molar-refractivity contribution in [1.29, 1.82) is 0 Å². The molecule has 1 saturated heterocycles. The second-order valence-electron chi connectivity index (χ2n) is 6.46. The highest BCUT2D eigenvalue weighted by molar-refractivity contribution is 7.14. The SMILES string of the molecule is Cc1ccc(-c2csc(NC(=O)c3ccc(N4CCOCC4)c([N+](=O)[O-])c3)n2)o1. The van der Waals surface area contributed by atoms with Gasteiger partial charge in [-0.15, -0.1) is 11.3 Å². The number of hydrogen-bond acceptors (Lipinski definition) is 8. The summed E-state index contributed by atoms with van der Waals surface area (Å²) in [6, 6.07) is 8.13. The normalized spacial score (nSPS) is 14.0. The number of nitrogens with zero attached hydrogens (tertiary/aromatic N) is 3. The molecule has 1 amide bonds. The first-order valence-electron chi connectivity index (χ1n) is 8.96. The van der Waals surface area contributed by atoms with Gasteiger partial charge in [-0.05, 0) is 31.2 Å². The number of amides is 1. The number of carbonyl (C=O) groups is 1. The maximum atomic E-state index is 12.6. The lowest BCUT2D eigenvalue weighted by Crippen LogP contribution is -2.36. The third kappa shape index (κ3) is 4.13. The Kier molecular flexibility index (Phi) is 5.28. The van der Waals surface area contributed by atoms with Crippen molar-refractivity contribution in [1.82, 2.24) is 4.98 Å². The summed E-state index contributed by atoms with van der Waals surface area (Å²) in [5, 5.41) is 16.4. The number of nitro benzene ring substituents is 1. The number of aryl methyl sites for hydroxylation is 1. The maximum Gasteiger partial charge on any atom is 0.293 e. The average molecular weight is 414 g/mol. The van der Waals surface area contributed by atoms with Gasteiger partial charge < -0.3 is 14.1 Å². The molecule has 2 aromatic heterocycles. The second kappa shape index (κ2) is 8.02. The van der Waals surface area contributed by atoms with Crippen molar-refractivity contribution in [2.75, 3.05) is 36.5 Å². The number of hydrogen-bond donors (Lipinski definition) is 1. The van der Waals surface area contributed by atoms with Crippen molar-refractivity contribution in [3.05, 3.63) is 57.1 Å². The molecule has 3 heterocycles. The fourth-order valence-electron chi connectivity index (χ4n) is 3.07. The number of furan rings is 1. The number of thiazole rings is 1. The highest BCUT2D eigenvalue weighted by Crippen LogP contribution is 2.31. The van der Waals surface area contributed by atoms with Crippen LogP contribution in [-0.2, 0) is 4.74 Å². The van der Waals surface area contributed by atoms with E-state index in [2.05, 4.69) is 10.3 Å². The molecular weight excluding hydrogens is 396 g/mol. The molecule has 3 aromatic rings. The minimum absolute atomic E-state index is 0.106. The van der Waals surface area contributed by atoms with Gasteiger partial charge in [0.2, 0.25) is 0 Å². The molecule has 9 nitrogen and oxygen atoms in total. The van der Waals surface area contributed by atoms with Crippen LogP contribution >= 0.6 is 11.3 Å². The molecule has 1 fully saturated rings. The summed E-state index contributed by atoms with van der Waals surface area (Å²) >= 11 is 1.25. The lowest BCUT2D eigenvalue weighted by Gasteiger charge is -2.28. The Balaban J connectivity index is 1.53. The minimum Gasteiger partial charge on any atom is -0.460 e. The van der Waals surface area contributed by atoms with E-state index in [-0.39, 0.29) is 11.3 Å². The molecule has 150 valence electrons. The zero-order valence-electron chi connectivity index (χ0n) is 15.6. The average Bonchev–Trinajstić information content (AvgIpc) is 3.37. The van der Waals surface area contributed by atoms with E-state index in [4.69, 9.17) is 9.15 Å². The fraction of sp³-hybridized carbons (Fsp3) is 0.263.